The van der Waals surface area contributed by atoms with Gasteiger partial charge >= 0.3 is 5.97 Å². The number of esters is 1. The van der Waals surface area contributed by atoms with Crippen LogP contribution in [0.4, 0.5) is 4.39 Å². The maximum Gasteiger partial charge on any atom is 0.337 e. The zero-order chi connectivity index (χ0) is 27.8. The van der Waals surface area contributed by atoms with Crippen LogP contribution in [0.2, 0.25) is 0 Å². The lowest BCUT2D eigenvalue weighted by atomic mass is 10.1. The van der Waals surface area contributed by atoms with Crippen molar-refractivity contribution in [1.82, 2.24) is 9.80 Å². The highest BCUT2D eigenvalue weighted by atomic mass is 19.1. The highest BCUT2D eigenvalue weighted by Gasteiger charge is 2.26. The van der Waals surface area contributed by atoms with Gasteiger partial charge in [0, 0.05) is 38.3 Å². The molecule has 1 saturated heterocycles. The molecule has 0 saturated carbocycles. The van der Waals surface area contributed by atoms with Gasteiger partial charge in [-0.3, -0.25) is 9.69 Å². The van der Waals surface area contributed by atoms with E-state index in [1.54, 1.807) is 30.2 Å². The zero-order valence-corrected chi connectivity index (χ0v) is 22.4. The molecule has 0 spiro atoms. The molecular weight excluding hydrogens is 503 g/mol. The summed E-state index contributed by atoms with van der Waals surface area (Å²) in [6.45, 7) is 3.32. The number of halogens is 1. The van der Waals surface area contributed by atoms with Crippen molar-refractivity contribution in [1.29, 1.82) is 0 Å². The van der Waals surface area contributed by atoms with Crippen molar-refractivity contribution in [2.45, 2.75) is 12.7 Å². The van der Waals surface area contributed by atoms with Gasteiger partial charge in [0.25, 0.3) is 5.91 Å². The Morgan fingerprint density at radius 2 is 1.59 bits per heavy atom. The first kappa shape index (κ1) is 28.1. The van der Waals surface area contributed by atoms with Gasteiger partial charge in [0.15, 0.2) is 11.6 Å². The molecule has 1 atom stereocenters. The molecule has 0 radical (unpaired) electrons. The fourth-order valence-corrected chi connectivity index (χ4v) is 4.50. The van der Waals surface area contributed by atoms with E-state index < -0.39 is 5.82 Å². The van der Waals surface area contributed by atoms with Crippen LogP contribution in [-0.2, 0) is 16.1 Å². The van der Waals surface area contributed by atoms with Gasteiger partial charge in [0.1, 0.15) is 5.75 Å². The number of hydrogen-bond donors (Lipinski definition) is 0. The number of carbonyl (C=O) groups excluding carboxylic acids is 2. The molecule has 0 aromatic heterocycles. The second-order valence-electron chi connectivity index (χ2n) is 9.21. The Kier molecular flexibility index (Phi) is 9.51. The first-order valence-corrected chi connectivity index (χ1v) is 12.7. The molecule has 1 amide bonds. The maximum absolute atomic E-state index is 14.1. The molecule has 0 unspecified atom stereocenters. The van der Waals surface area contributed by atoms with Gasteiger partial charge in [-0.05, 0) is 53.6 Å². The molecule has 4 rings (SSSR count). The highest BCUT2D eigenvalue weighted by molar-refractivity contribution is 5.94. The van der Waals surface area contributed by atoms with Crippen molar-refractivity contribution < 1.29 is 32.9 Å². The second-order valence-corrected chi connectivity index (χ2v) is 9.21. The number of carbonyl (C=O) groups is 2. The molecule has 1 fully saturated rings. The van der Waals surface area contributed by atoms with Crippen molar-refractivity contribution in [3.05, 3.63) is 94.8 Å². The average molecular weight is 537 g/mol. The Morgan fingerprint density at radius 3 is 2.23 bits per heavy atom. The van der Waals surface area contributed by atoms with E-state index in [0.717, 1.165) is 16.9 Å². The molecule has 0 aliphatic carbocycles. The predicted octanol–water partition coefficient (Wildman–Crippen LogP) is 4.35. The van der Waals surface area contributed by atoms with E-state index in [9.17, 15) is 14.0 Å². The fourth-order valence-electron chi connectivity index (χ4n) is 4.50. The lowest BCUT2D eigenvalue weighted by molar-refractivity contribution is 0.00331. The Morgan fingerprint density at radius 1 is 0.872 bits per heavy atom. The van der Waals surface area contributed by atoms with Gasteiger partial charge in [0.2, 0.25) is 0 Å². The summed E-state index contributed by atoms with van der Waals surface area (Å²) in [7, 11) is 4.37. The number of ether oxygens (including phenoxy) is 4. The smallest absolute Gasteiger partial charge is 0.337 e. The molecule has 1 aliphatic heterocycles. The van der Waals surface area contributed by atoms with Gasteiger partial charge in [0.05, 0.1) is 39.6 Å². The first-order chi connectivity index (χ1) is 18.9. The van der Waals surface area contributed by atoms with Gasteiger partial charge in [-0.15, -0.1) is 0 Å². The summed E-state index contributed by atoms with van der Waals surface area (Å²) in [5.74, 6) is -0.288. The Labute approximate surface area is 227 Å². The highest BCUT2D eigenvalue weighted by Crippen LogP contribution is 2.26. The summed E-state index contributed by atoms with van der Waals surface area (Å²) in [6, 6.07) is 19.2. The fraction of sp³-hybridized carbons (Fsp3) is 0.333. The molecule has 0 N–H and O–H groups in total. The van der Waals surface area contributed by atoms with Gasteiger partial charge in [-0.1, -0.05) is 24.3 Å². The molecule has 8 nitrogen and oxygen atoms in total. The molecule has 0 bridgehead atoms. The summed E-state index contributed by atoms with van der Waals surface area (Å²) < 4.78 is 35.6. The molecule has 1 aliphatic rings. The standard InChI is InChI=1S/C30H33FN2O6/c1-36-25-6-4-5-23(17-25)28(39-20-21-7-9-22(10-8-21)30(35)38-3)19-32-13-15-33(16-14-32)29(34)24-11-12-27(37-2)26(31)18-24/h4-12,17-18,28H,13-16,19-20H2,1-3H3/t28-/m0/s1. The molecule has 3 aromatic rings. The van der Waals surface area contributed by atoms with E-state index in [1.165, 1.54) is 26.4 Å². The van der Waals surface area contributed by atoms with Gasteiger partial charge in [-0.25, -0.2) is 9.18 Å². The number of nitrogens with zero attached hydrogens (tertiary/aromatic N) is 2. The molecule has 206 valence electrons. The van der Waals surface area contributed by atoms with Crippen molar-refractivity contribution in [2.75, 3.05) is 54.1 Å². The van der Waals surface area contributed by atoms with Crippen LogP contribution in [0.1, 0.15) is 37.9 Å². The van der Waals surface area contributed by atoms with Crippen LogP contribution in [-0.4, -0.2) is 75.7 Å². The third-order valence-electron chi connectivity index (χ3n) is 6.77. The summed E-state index contributed by atoms with van der Waals surface area (Å²) in [5.41, 5.74) is 2.69. The minimum atomic E-state index is -0.555. The Balaban J connectivity index is 1.40. The number of rotatable bonds is 10. The monoisotopic (exact) mass is 536 g/mol. The van der Waals surface area contributed by atoms with Crippen LogP contribution in [0.15, 0.2) is 66.7 Å². The third-order valence-corrected chi connectivity index (χ3v) is 6.77. The van der Waals surface area contributed by atoms with E-state index in [0.29, 0.717) is 50.5 Å². The van der Waals surface area contributed by atoms with Crippen molar-refractivity contribution >= 4 is 11.9 Å². The largest absolute Gasteiger partial charge is 0.497 e. The minimum Gasteiger partial charge on any atom is -0.497 e. The average Bonchev–Trinajstić information content (AvgIpc) is 2.99. The Bertz CT molecular complexity index is 1270. The SMILES string of the molecule is COC(=O)c1ccc(CO[C@@H](CN2CCN(C(=O)c3ccc(OC)c(F)c3)CC2)c2cccc(OC)c2)cc1. The van der Waals surface area contributed by atoms with E-state index in [1.807, 2.05) is 36.4 Å². The maximum atomic E-state index is 14.1. The molecule has 3 aromatic carbocycles. The predicted molar refractivity (Wildman–Crippen MR) is 144 cm³/mol. The zero-order valence-electron chi connectivity index (χ0n) is 22.4. The van der Waals surface area contributed by atoms with Crippen LogP contribution in [0.5, 0.6) is 11.5 Å². The summed E-state index contributed by atoms with van der Waals surface area (Å²) in [4.78, 5) is 28.7. The van der Waals surface area contributed by atoms with E-state index >= 15 is 0 Å². The quantitative estimate of drug-likeness (QED) is 0.357. The number of piperazine rings is 1. The van der Waals surface area contributed by atoms with Crippen LogP contribution >= 0.6 is 0 Å². The van der Waals surface area contributed by atoms with E-state index in [2.05, 4.69) is 4.90 Å². The molecular formula is C30H33FN2O6. The summed E-state index contributed by atoms with van der Waals surface area (Å²) >= 11 is 0. The van der Waals surface area contributed by atoms with Crippen molar-refractivity contribution in [3.8, 4) is 11.5 Å². The summed E-state index contributed by atoms with van der Waals surface area (Å²) in [5, 5.41) is 0. The Hall–Kier alpha value is -3.95. The van der Waals surface area contributed by atoms with Gasteiger partial charge < -0.3 is 23.8 Å². The van der Waals surface area contributed by atoms with Crippen LogP contribution in [0.25, 0.3) is 0 Å². The molecule has 1 heterocycles. The number of hydrogen-bond acceptors (Lipinski definition) is 7. The van der Waals surface area contributed by atoms with Crippen molar-refractivity contribution in [3.63, 3.8) is 0 Å². The van der Waals surface area contributed by atoms with Crippen molar-refractivity contribution in [2.24, 2.45) is 0 Å². The number of methoxy groups -OCH3 is 3. The number of benzene rings is 3. The van der Waals surface area contributed by atoms with Crippen LogP contribution in [0.3, 0.4) is 0 Å². The van der Waals surface area contributed by atoms with E-state index in [4.69, 9.17) is 18.9 Å². The van der Waals surface area contributed by atoms with Gasteiger partial charge in [-0.2, -0.15) is 0 Å². The normalized spacial score (nSPS) is 14.5. The topological polar surface area (TPSA) is 77.5 Å². The third kappa shape index (κ3) is 7.13. The molecule has 39 heavy (non-hydrogen) atoms. The lowest BCUT2D eigenvalue weighted by Gasteiger charge is -2.36. The summed E-state index contributed by atoms with van der Waals surface area (Å²) in [6.07, 6.45) is -0.252. The second kappa shape index (κ2) is 13.2. The number of amides is 1. The minimum absolute atomic E-state index is 0.111. The lowest BCUT2D eigenvalue weighted by Crippen LogP contribution is -2.49. The van der Waals surface area contributed by atoms with Crippen LogP contribution in [0, 0.1) is 5.82 Å². The first-order valence-electron chi connectivity index (χ1n) is 12.7. The van der Waals surface area contributed by atoms with E-state index in [-0.39, 0.29) is 23.7 Å². The van der Waals surface area contributed by atoms with Crippen LogP contribution < -0.4 is 9.47 Å². The molecule has 9 heteroatoms.